The monoisotopic (exact) mass is 377 g/mol. The average molecular weight is 378 g/mol. The van der Waals surface area contributed by atoms with E-state index in [1.807, 2.05) is 6.07 Å². The van der Waals surface area contributed by atoms with Crippen molar-refractivity contribution in [2.45, 2.75) is 6.92 Å². The zero-order valence-corrected chi connectivity index (χ0v) is 13.8. The topological polar surface area (TPSA) is 137 Å². The number of nitrogens with zero attached hydrogens (tertiary/aromatic N) is 3. The second kappa shape index (κ2) is 6.50. The lowest BCUT2D eigenvalue weighted by molar-refractivity contribution is -0.132. The Morgan fingerprint density at radius 1 is 1.30 bits per heavy atom. The maximum Gasteiger partial charge on any atom is 0.308 e. The van der Waals surface area contributed by atoms with Gasteiger partial charge in [0.1, 0.15) is 17.5 Å². The minimum Gasteiger partial charge on any atom is -0.493 e. The molecule has 4 N–H and O–H groups in total. The number of rotatable bonds is 3. The maximum absolute atomic E-state index is 11.1. The van der Waals surface area contributed by atoms with Gasteiger partial charge in [0.05, 0.1) is 12.8 Å². The molecule has 0 bridgehead atoms. The standard InChI is InChI=1S/C14H12BrN5O3/c1-6(21)23-11-4-9(15)7(3-10(11)22-2)12-8(5-16)13(17)20-14(18)19-12/h3-4H,1-2H3,(H4,17,18,19,20). The highest BCUT2D eigenvalue weighted by Crippen LogP contribution is 2.39. The second-order valence-electron chi connectivity index (χ2n) is 4.38. The van der Waals surface area contributed by atoms with E-state index >= 15 is 0 Å². The number of nitrogens with two attached hydrogens (primary N) is 2. The summed E-state index contributed by atoms with van der Waals surface area (Å²) >= 11 is 3.35. The molecule has 0 fully saturated rings. The number of halogens is 1. The summed E-state index contributed by atoms with van der Waals surface area (Å²) in [5, 5.41) is 9.28. The van der Waals surface area contributed by atoms with Gasteiger partial charge in [0.25, 0.3) is 0 Å². The summed E-state index contributed by atoms with van der Waals surface area (Å²) < 4.78 is 10.8. The Labute approximate surface area is 140 Å². The molecule has 0 aliphatic heterocycles. The highest BCUT2D eigenvalue weighted by Gasteiger charge is 2.19. The van der Waals surface area contributed by atoms with Gasteiger partial charge in [-0.3, -0.25) is 4.79 Å². The molecule has 0 unspecified atom stereocenters. The Morgan fingerprint density at radius 2 is 2.00 bits per heavy atom. The van der Waals surface area contributed by atoms with E-state index in [2.05, 4.69) is 25.9 Å². The van der Waals surface area contributed by atoms with Crippen LogP contribution in [0, 0.1) is 11.3 Å². The first-order valence-corrected chi connectivity index (χ1v) is 7.06. The zero-order valence-electron chi connectivity index (χ0n) is 12.3. The molecule has 0 spiro atoms. The number of benzene rings is 1. The summed E-state index contributed by atoms with van der Waals surface area (Å²) in [7, 11) is 1.42. The molecular formula is C14H12BrN5O3. The van der Waals surface area contributed by atoms with Crippen LogP contribution in [0.2, 0.25) is 0 Å². The summed E-state index contributed by atoms with van der Waals surface area (Å²) in [4.78, 5) is 19.0. The van der Waals surface area contributed by atoms with Gasteiger partial charge in [0, 0.05) is 17.0 Å². The fourth-order valence-corrected chi connectivity index (χ4v) is 2.42. The van der Waals surface area contributed by atoms with Crippen molar-refractivity contribution >= 4 is 33.7 Å². The van der Waals surface area contributed by atoms with Crippen LogP contribution in [0.15, 0.2) is 16.6 Å². The molecule has 0 amide bonds. The van der Waals surface area contributed by atoms with Crippen molar-refractivity contribution in [3.63, 3.8) is 0 Å². The third kappa shape index (κ3) is 3.32. The third-order valence-electron chi connectivity index (χ3n) is 2.83. The lowest BCUT2D eigenvalue weighted by Gasteiger charge is -2.13. The molecule has 23 heavy (non-hydrogen) atoms. The van der Waals surface area contributed by atoms with Crippen molar-refractivity contribution in [1.82, 2.24) is 9.97 Å². The van der Waals surface area contributed by atoms with Crippen LogP contribution in [-0.4, -0.2) is 23.0 Å². The fourth-order valence-electron chi connectivity index (χ4n) is 1.91. The molecule has 1 heterocycles. The van der Waals surface area contributed by atoms with Gasteiger partial charge in [-0.1, -0.05) is 0 Å². The van der Waals surface area contributed by atoms with E-state index in [0.29, 0.717) is 10.0 Å². The molecule has 0 aliphatic rings. The molecule has 118 valence electrons. The van der Waals surface area contributed by atoms with Crippen LogP contribution in [0.1, 0.15) is 12.5 Å². The number of hydrogen-bond donors (Lipinski definition) is 2. The molecule has 1 aromatic carbocycles. The predicted molar refractivity (Wildman–Crippen MR) is 86.6 cm³/mol. The largest absolute Gasteiger partial charge is 0.493 e. The van der Waals surface area contributed by atoms with Crippen LogP contribution in [0.25, 0.3) is 11.3 Å². The smallest absolute Gasteiger partial charge is 0.308 e. The number of carbonyl (C=O) groups excluding carboxylic acids is 1. The third-order valence-corrected chi connectivity index (χ3v) is 3.48. The number of aromatic nitrogens is 2. The van der Waals surface area contributed by atoms with Crippen molar-refractivity contribution in [2.75, 3.05) is 18.6 Å². The first-order valence-electron chi connectivity index (χ1n) is 6.26. The van der Waals surface area contributed by atoms with Crippen molar-refractivity contribution < 1.29 is 14.3 Å². The van der Waals surface area contributed by atoms with E-state index in [1.54, 1.807) is 6.07 Å². The molecule has 0 saturated heterocycles. The minimum atomic E-state index is -0.490. The van der Waals surface area contributed by atoms with Crippen molar-refractivity contribution in [3.8, 4) is 28.8 Å². The molecule has 1 aromatic heterocycles. The van der Waals surface area contributed by atoms with Crippen LogP contribution in [0.5, 0.6) is 11.5 Å². The van der Waals surface area contributed by atoms with Gasteiger partial charge < -0.3 is 20.9 Å². The average Bonchev–Trinajstić information content (AvgIpc) is 2.46. The molecule has 0 saturated carbocycles. The van der Waals surface area contributed by atoms with Gasteiger partial charge >= 0.3 is 5.97 Å². The van der Waals surface area contributed by atoms with Crippen molar-refractivity contribution in [1.29, 1.82) is 5.26 Å². The lowest BCUT2D eigenvalue weighted by atomic mass is 10.1. The molecule has 2 aromatic rings. The first kappa shape index (κ1) is 16.5. The summed E-state index contributed by atoms with van der Waals surface area (Å²) in [6.45, 7) is 1.28. The number of nitrogen functional groups attached to an aromatic ring is 2. The van der Waals surface area contributed by atoms with Gasteiger partial charge in [-0.2, -0.15) is 10.2 Å². The van der Waals surface area contributed by atoms with Crippen molar-refractivity contribution in [2.24, 2.45) is 0 Å². The Bertz CT molecular complexity index is 832. The Kier molecular flexibility index (Phi) is 4.66. The summed E-state index contributed by atoms with van der Waals surface area (Å²) in [6.07, 6.45) is 0. The second-order valence-corrected chi connectivity index (χ2v) is 5.23. The van der Waals surface area contributed by atoms with Crippen LogP contribution >= 0.6 is 15.9 Å². The fraction of sp³-hybridized carbons (Fsp3) is 0.143. The van der Waals surface area contributed by atoms with Crippen molar-refractivity contribution in [3.05, 3.63) is 22.2 Å². The Hall–Kier alpha value is -2.86. The highest BCUT2D eigenvalue weighted by molar-refractivity contribution is 9.10. The van der Waals surface area contributed by atoms with Crippen LogP contribution < -0.4 is 20.9 Å². The van der Waals surface area contributed by atoms with Crippen LogP contribution in [-0.2, 0) is 4.79 Å². The molecule has 2 rings (SSSR count). The Morgan fingerprint density at radius 3 is 2.57 bits per heavy atom. The number of hydrogen-bond acceptors (Lipinski definition) is 8. The molecular weight excluding hydrogens is 366 g/mol. The number of methoxy groups -OCH3 is 1. The van der Waals surface area contributed by atoms with Gasteiger partial charge in [-0.05, 0) is 28.1 Å². The zero-order chi connectivity index (χ0) is 17.1. The van der Waals surface area contributed by atoms with E-state index in [4.69, 9.17) is 20.9 Å². The van der Waals surface area contributed by atoms with E-state index in [0.717, 1.165) is 0 Å². The molecule has 8 nitrogen and oxygen atoms in total. The number of nitriles is 1. The summed E-state index contributed by atoms with van der Waals surface area (Å²) in [5.41, 5.74) is 12.2. The lowest BCUT2D eigenvalue weighted by Crippen LogP contribution is -2.06. The summed E-state index contributed by atoms with van der Waals surface area (Å²) in [6, 6.07) is 5.04. The molecule has 0 radical (unpaired) electrons. The van der Waals surface area contributed by atoms with E-state index < -0.39 is 5.97 Å². The predicted octanol–water partition coefficient (Wildman–Crippen LogP) is 1.88. The van der Waals surface area contributed by atoms with Crippen LogP contribution in [0.3, 0.4) is 0 Å². The van der Waals surface area contributed by atoms with E-state index in [1.165, 1.54) is 20.1 Å². The van der Waals surface area contributed by atoms with Gasteiger partial charge in [0.2, 0.25) is 5.95 Å². The number of carbonyl (C=O) groups is 1. The number of anilines is 2. The quantitative estimate of drug-likeness (QED) is 0.610. The van der Waals surface area contributed by atoms with Gasteiger partial charge in [-0.25, -0.2) is 4.98 Å². The maximum atomic E-state index is 11.1. The SMILES string of the molecule is COc1cc(-c2nc(N)nc(N)c2C#N)c(Br)cc1OC(C)=O. The molecule has 0 aliphatic carbocycles. The van der Waals surface area contributed by atoms with E-state index in [9.17, 15) is 10.1 Å². The first-order chi connectivity index (χ1) is 10.9. The van der Waals surface area contributed by atoms with Gasteiger partial charge in [-0.15, -0.1) is 0 Å². The minimum absolute atomic E-state index is 0.0232. The molecule has 0 atom stereocenters. The van der Waals surface area contributed by atoms with Crippen LogP contribution in [0.4, 0.5) is 11.8 Å². The number of esters is 1. The normalized spacial score (nSPS) is 10.0. The van der Waals surface area contributed by atoms with Gasteiger partial charge in [0.15, 0.2) is 11.5 Å². The number of ether oxygens (including phenoxy) is 2. The van der Waals surface area contributed by atoms with E-state index in [-0.39, 0.29) is 34.5 Å². The Balaban J connectivity index is 2.71. The molecule has 9 heteroatoms. The summed E-state index contributed by atoms with van der Waals surface area (Å²) in [5.74, 6) is -0.0604. The highest BCUT2D eigenvalue weighted by atomic mass is 79.9.